The Morgan fingerprint density at radius 1 is 1.05 bits per heavy atom. The standard InChI is InChI=1S/C16H14O3S/c1-16(10-2-4-11(17)5-3-10)9-20-14-8-12(18)6-7-13(14)15(16)19/h2-8,17-18H,9H2,1H3. The van der Waals surface area contributed by atoms with E-state index in [1.807, 2.05) is 6.92 Å². The fourth-order valence-electron chi connectivity index (χ4n) is 2.45. The maximum Gasteiger partial charge on any atom is 0.175 e. The van der Waals surface area contributed by atoms with Crippen LogP contribution >= 0.6 is 11.8 Å². The van der Waals surface area contributed by atoms with E-state index in [1.165, 1.54) is 0 Å². The summed E-state index contributed by atoms with van der Waals surface area (Å²) in [5.74, 6) is 1.04. The Bertz CT molecular complexity index is 679. The van der Waals surface area contributed by atoms with Crippen LogP contribution in [0.2, 0.25) is 0 Å². The fraction of sp³-hybridized carbons (Fsp3) is 0.188. The van der Waals surface area contributed by atoms with Crippen molar-refractivity contribution in [1.82, 2.24) is 0 Å². The Balaban J connectivity index is 2.06. The number of hydrogen-bond donors (Lipinski definition) is 2. The molecule has 0 bridgehead atoms. The SMILES string of the molecule is CC1(c2ccc(O)cc2)CSc2cc(O)ccc2C1=O. The van der Waals surface area contributed by atoms with Crippen molar-refractivity contribution < 1.29 is 15.0 Å². The van der Waals surface area contributed by atoms with Gasteiger partial charge in [-0.05, 0) is 42.8 Å². The van der Waals surface area contributed by atoms with Crippen molar-refractivity contribution in [3.63, 3.8) is 0 Å². The lowest BCUT2D eigenvalue weighted by Gasteiger charge is -2.33. The molecule has 0 radical (unpaired) electrons. The van der Waals surface area contributed by atoms with Crippen molar-refractivity contribution in [2.45, 2.75) is 17.2 Å². The number of Topliss-reactive ketones (excluding diaryl/α,β-unsaturated/α-hetero) is 1. The van der Waals surface area contributed by atoms with Crippen LogP contribution in [0, 0.1) is 0 Å². The minimum absolute atomic E-state index is 0.0527. The van der Waals surface area contributed by atoms with Crippen molar-refractivity contribution in [2.75, 3.05) is 5.75 Å². The van der Waals surface area contributed by atoms with E-state index < -0.39 is 5.41 Å². The summed E-state index contributed by atoms with van der Waals surface area (Å²) in [7, 11) is 0. The van der Waals surface area contributed by atoms with Crippen LogP contribution in [0.5, 0.6) is 11.5 Å². The van der Waals surface area contributed by atoms with Crippen LogP contribution in [0.3, 0.4) is 0 Å². The van der Waals surface area contributed by atoms with Crippen molar-refractivity contribution >= 4 is 17.5 Å². The first kappa shape index (κ1) is 13.1. The van der Waals surface area contributed by atoms with Crippen molar-refractivity contribution in [1.29, 1.82) is 0 Å². The number of rotatable bonds is 1. The summed E-state index contributed by atoms with van der Waals surface area (Å²) >= 11 is 1.57. The second kappa shape index (κ2) is 4.56. The highest BCUT2D eigenvalue weighted by molar-refractivity contribution is 7.99. The van der Waals surface area contributed by atoms with E-state index in [-0.39, 0.29) is 17.3 Å². The molecule has 1 atom stereocenters. The summed E-state index contributed by atoms with van der Waals surface area (Å²) < 4.78 is 0. The van der Waals surface area contributed by atoms with Crippen LogP contribution < -0.4 is 0 Å². The molecule has 1 unspecified atom stereocenters. The lowest BCUT2D eigenvalue weighted by atomic mass is 9.77. The van der Waals surface area contributed by atoms with Crippen LogP contribution in [0.15, 0.2) is 47.4 Å². The highest BCUT2D eigenvalue weighted by atomic mass is 32.2. The first-order valence-corrected chi connectivity index (χ1v) is 7.29. The van der Waals surface area contributed by atoms with Crippen molar-refractivity contribution in [2.24, 2.45) is 0 Å². The Morgan fingerprint density at radius 2 is 1.70 bits per heavy atom. The van der Waals surface area contributed by atoms with Gasteiger partial charge in [-0.1, -0.05) is 12.1 Å². The van der Waals surface area contributed by atoms with Gasteiger partial charge >= 0.3 is 0 Å². The number of phenols is 2. The summed E-state index contributed by atoms with van der Waals surface area (Å²) in [5, 5.41) is 18.9. The molecule has 1 aliphatic heterocycles. The first-order chi connectivity index (χ1) is 9.50. The second-order valence-corrected chi connectivity index (χ2v) is 6.19. The highest BCUT2D eigenvalue weighted by Gasteiger charge is 2.40. The van der Waals surface area contributed by atoms with Crippen molar-refractivity contribution in [3.05, 3.63) is 53.6 Å². The molecule has 1 aliphatic rings. The summed E-state index contributed by atoms with van der Waals surface area (Å²) in [6.07, 6.45) is 0. The van der Waals surface area contributed by atoms with Gasteiger partial charge in [0.2, 0.25) is 0 Å². The van der Waals surface area contributed by atoms with E-state index in [2.05, 4.69) is 0 Å². The molecular weight excluding hydrogens is 272 g/mol. The lowest BCUT2D eigenvalue weighted by Crippen LogP contribution is -2.38. The predicted molar refractivity (Wildman–Crippen MR) is 78.6 cm³/mol. The Morgan fingerprint density at radius 3 is 2.40 bits per heavy atom. The van der Waals surface area contributed by atoms with Crippen LogP contribution in [0.1, 0.15) is 22.8 Å². The lowest BCUT2D eigenvalue weighted by molar-refractivity contribution is 0.0905. The van der Waals surface area contributed by atoms with E-state index >= 15 is 0 Å². The van der Waals surface area contributed by atoms with Gasteiger partial charge in [0.05, 0.1) is 5.41 Å². The third-order valence-corrected chi connectivity index (χ3v) is 5.10. The number of ketones is 1. The number of phenolic OH excluding ortho intramolecular Hbond substituents is 2. The van der Waals surface area contributed by atoms with Gasteiger partial charge in [-0.25, -0.2) is 0 Å². The number of hydrogen-bond acceptors (Lipinski definition) is 4. The van der Waals surface area contributed by atoms with Gasteiger partial charge in [0.15, 0.2) is 5.78 Å². The van der Waals surface area contributed by atoms with E-state index in [0.29, 0.717) is 11.3 Å². The van der Waals surface area contributed by atoms with Gasteiger partial charge in [-0.3, -0.25) is 4.79 Å². The molecule has 2 aromatic rings. The number of carbonyl (C=O) groups excluding carboxylic acids is 1. The molecule has 0 saturated heterocycles. The smallest absolute Gasteiger partial charge is 0.175 e. The van der Waals surface area contributed by atoms with Gasteiger partial charge in [0, 0.05) is 16.2 Å². The van der Waals surface area contributed by atoms with E-state index in [9.17, 15) is 15.0 Å². The zero-order valence-electron chi connectivity index (χ0n) is 11.0. The maximum atomic E-state index is 12.8. The molecule has 20 heavy (non-hydrogen) atoms. The van der Waals surface area contributed by atoms with Gasteiger partial charge in [0.1, 0.15) is 11.5 Å². The second-order valence-electron chi connectivity index (χ2n) is 5.18. The molecule has 4 heteroatoms. The molecule has 102 valence electrons. The van der Waals surface area contributed by atoms with Crippen LogP contribution in [-0.2, 0) is 5.41 Å². The highest BCUT2D eigenvalue weighted by Crippen LogP contribution is 2.42. The van der Waals surface area contributed by atoms with Gasteiger partial charge < -0.3 is 10.2 Å². The quantitative estimate of drug-likeness (QED) is 0.844. The topological polar surface area (TPSA) is 57.5 Å². The van der Waals surface area contributed by atoms with Crippen LogP contribution in [-0.4, -0.2) is 21.7 Å². The molecule has 3 nitrogen and oxygen atoms in total. The van der Waals surface area contributed by atoms with E-state index in [4.69, 9.17) is 0 Å². The number of thioether (sulfide) groups is 1. The third-order valence-electron chi connectivity index (χ3n) is 3.73. The molecule has 3 rings (SSSR count). The Kier molecular flexibility index (Phi) is 2.98. The number of fused-ring (bicyclic) bond motifs is 1. The first-order valence-electron chi connectivity index (χ1n) is 6.31. The Hall–Kier alpha value is -1.94. The fourth-order valence-corrected chi connectivity index (χ4v) is 3.71. The molecule has 2 aromatic carbocycles. The molecule has 0 amide bonds. The molecule has 1 heterocycles. The third kappa shape index (κ3) is 1.96. The summed E-state index contributed by atoms with van der Waals surface area (Å²) in [5.41, 5.74) is 0.934. The van der Waals surface area contributed by atoms with Gasteiger partial charge in [-0.15, -0.1) is 11.8 Å². The zero-order valence-corrected chi connectivity index (χ0v) is 11.8. The molecule has 0 aliphatic carbocycles. The number of carbonyl (C=O) groups is 1. The minimum Gasteiger partial charge on any atom is -0.508 e. The molecule has 2 N–H and O–H groups in total. The Labute approximate surface area is 121 Å². The maximum absolute atomic E-state index is 12.8. The minimum atomic E-state index is -0.609. The largest absolute Gasteiger partial charge is 0.508 e. The van der Waals surface area contributed by atoms with E-state index in [1.54, 1.807) is 54.2 Å². The van der Waals surface area contributed by atoms with Crippen LogP contribution in [0.4, 0.5) is 0 Å². The van der Waals surface area contributed by atoms with E-state index in [0.717, 1.165) is 10.5 Å². The van der Waals surface area contributed by atoms with Crippen molar-refractivity contribution in [3.8, 4) is 11.5 Å². The van der Waals surface area contributed by atoms with Gasteiger partial charge in [0.25, 0.3) is 0 Å². The number of benzene rings is 2. The average Bonchev–Trinajstić information content (AvgIpc) is 2.44. The predicted octanol–water partition coefficient (Wildman–Crippen LogP) is 3.34. The van der Waals surface area contributed by atoms with Gasteiger partial charge in [-0.2, -0.15) is 0 Å². The monoisotopic (exact) mass is 286 g/mol. The van der Waals surface area contributed by atoms with Crippen LogP contribution in [0.25, 0.3) is 0 Å². The molecule has 0 spiro atoms. The molecule has 0 fully saturated rings. The number of aromatic hydroxyl groups is 2. The summed E-state index contributed by atoms with van der Waals surface area (Å²) in [6.45, 7) is 1.92. The average molecular weight is 286 g/mol. The normalized spacial score (nSPS) is 21.6. The molecular formula is C16H14O3S. The summed E-state index contributed by atoms with van der Waals surface area (Å²) in [4.78, 5) is 13.6. The zero-order chi connectivity index (χ0) is 14.3. The summed E-state index contributed by atoms with van der Waals surface area (Å²) in [6, 6.07) is 11.6. The molecule has 0 saturated carbocycles. The molecule has 0 aromatic heterocycles.